The highest BCUT2D eigenvalue weighted by molar-refractivity contribution is 7.12. The van der Waals surface area contributed by atoms with E-state index in [0.717, 1.165) is 24.0 Å². The fourth-order valence-electron chi connectivity index (χ4n) is 4.35. The predicted molar refractivity (Wildman–Crippen MR) is 125 cm³/mol. The minimum Gasteiger partial charge on any atom is -0.353 e. The zero-order valence-corrected chi connectivity index (χ0v) is 18.6. The van der Waals surface area contributed by atoms with Gasteiger partial charge in [0.25, 0.3) is 5.91 Å². The normalized spacial score (nSPS) is 16.7. The van der Waals surface area contributed by atoms with Gasteiger partial charge in [-0.15, -0.1) is 11.3 Å². The number of nitrogens with zero attached hydrogens (tertiary/aromatic N) is 1. The van der Waals surface area contributed by atoms with Crippen LogP contribution in [0, 0.1) is 0 Å². The van der Waals surface area contributed by atoms with Gasteiger partial charge in [-0.25, -0.2) is 0 Å². The molecule has 1 aliphatic rings. The molecule has 1 unspecified atom stereocenters. The largest absolute Gasteiger partial charge is 0.353 e. The summed E-state index contributed by atoms with van der Waals surface area (Å²) in [5, 5.41) is 5.09. The lowest BCUT2D eigenvalue weighted by atomic mass is 9.76. The van der Waals surface area contributed by atoms with E-state index in [1.54, 1.807) is 4.90 Å². The number of piperidine rings is 1. The third kappa shape index (κ3) is 4.57. The molecule has 0 saturated carbocycles. The SMILES string of the molecule is CC(CNC(=O)C1CCCCN1C(=O)c1cccs1)(c1ccccc1)c1ccccc1. The second-order valence-electron chi connectivity index (χ2n) is 8.27. The van der Waals surface area contributed by atoms with Crippen LogP contribution in [-0.2, 0) is 10.2 Å². The molecule has 31 heavy (non-hydrogen) atoms. The molecular formula is C26H28N2O2S. The van der Waals surface area contributed by atoms with Crippen molar-refractivity contribution in [2.24, 2.45) is 0 Å². The van der Waals surface area contributed by atoms with Crippen molar-refractivity contribution in [3.63, 3.8) is 0 Å². The van der Waals surface area contributed by atoms with Crippen LogP contribution < -0.4 is 5.32 Å². The van der Waals surface area contributed by atoms with Gasteiger partial charge in [0.15, 0.2) is 0 Å². The second kappa shape index (κ2) is 9.48. The maximum Gasteiger partial charge on any atom is 0.264 e. The zero-order valence-electron chi connectivity index (χ0n) is 17.8. The Morgan fingerprint density at radius 3 is 2.19 bits per heavy atom. The lowest BCUT2D eigenvalue weighted by Crippen LogP contribution is -2.53. The van der Waals surface area contributed by atoms with Crippen LogP contribution in [0.4, 0.5) is 0 Å². The van der Waals surface area contributed by atoms with Gasteiger partial charge in [0.05, 0.1) is 4.88 Å². The molecule has 2 amide bonds. The first-order chi connectivity index (χ1) is 15.1. The quantitative estimate of drug-likeness (QED) is 0.604. The van der Waals surface area contributed by atoms with Crippen LogP contribution in [0.2, 0.25) is 0 Å². The van der Waals surface area contributed by atoms with Crippen molar-refractivity contribution in [1.82, 2.24) is 10.2 Å². The molecule has 2 heterocycles. The number of hydrogen-bond acceptors (Lipinski definition) is 3. The van der Waals surface area contributed by atoms with Gasteiger partial charge in [0.2, 0.25) is 5.91 Å². The highest BCUT2D eigenvalue weighted by Gasteiger charge is 2.35. The summed E-state index contributed by atoms with van der Waals surface area (Å²) in [5.41, 5.74) is 1.93. The van der Waals surface area contributed by atoms with Crippen LogP contribution in [0.1, 0.15) is 47.0 Å². The number of carbonyl (C=O) groups is 2. The van der Waals surface area contributed by atoms with Crippen LogP contribution in [-0.4, -0.2) is 35.8 Å². The fraction of sp³-hybridized carbons (Fsp3) is 0.308. The summed E-state index contributed by atoms with van der Waals surface area (Å²) in [6, 6.07) is 23.8. The third-order valence-electron chi connectivity index (χ3n) is 6.24. The molecule has 0 bridgehead atoms. The maximum atomic E-state index is 13.3. The number of thiophene rings is 1. The number of hydrogen-bond donors (Lipinski definition) is 1. The highest BCUT2D eigenvalue weighted by atomic mass is 32.1. The van der Waals surface area contributed by atoms with Crippen molar-refractivity contribution in [3.05, 3.63) is 94.2 Å². The van der Waals surface area contributed by atoms with Gasteiger partial charge in [-0.3, -0.25) is 9.59 Å². The topological polar surface area (TPSA) is 49.4 Å². The standard InChI is InChI=1S/C26H28N2O2S/c1-26(20-11-4-2-5-12-20,21-13-6-3-7-14-21)19-27-24(29)22-15-8-9-17-28(22)25(30)23-16-10-18-31-23/h2-7,10-14,16,18,22H,8-9,15,17,19H2,1H3,(H,27,29). The number of benzene rings is 2. The molecule has 0 aliphatic carbocycles. The van der Waals surface area contributed by atoms with Crippen molar-refractivity contribution in [1.29, 1.82) is 0 Å². The van der Waals surface area contributed by atoms with Gasteiger partial charge >= 0.3 is 0 Å². The molecule has 4 rings (SSSR count). The van der Waals surface area contributed by atoms with Gasteiger partial charge in [-0.2, -0.15) is 0 Å². The van der Waals surface area contributed by atoms with E-state index in [-0.39, 0.29) is 17.2 Å². The van der Waals surface area contributed by atoms with Crippen molar-refractivity contribution >= 4 is 23.2 Å². The number of likely N-dealkylation sites (tertiary alicyclic amines) is 1. The Hall–Kier alpha value is -2.92. The van der Waals surface area contributed by atoms with Gasteiger partial charge < -0.3 is 10.2 Å². The van der Waals surface area contributed by atoms with E-state index in [1.165, 1.54) is 11.3 Å². The van der Waals surface area contributed by atoms with Crippen molar-refractivity contribution in [2.45, 2.75) is 37.6 Å². The van der Waals surface area contributed by atoms with Crippen LogP contribution in [0.3, 0.4) is 0 Å². The Labute approximate surface area is 187 Å². The van der Waals surface area contributed by atoms with E-state index in [2.05, 4.69) is 36.5 Å². The molecule has 1 aliphatic heterocycles. The van der Waals surface area contributed by atoms with Gasteiger partial charge in [-0.1, -0.05) is 66.7 Å². The molecule has 160 valence electrons. The number of rotatable bonds is 6. The lowest BCUT2D eigenvalue weighted by Gasteiger charge is -2.36. The van der Waals surface area contributed by atoms with E-state index >= 15 is 0 Å². The van der Waals surface area contributed by atoms with Gasteiger partial charge in [0.1, 0.15) is 6.04 Å². The van der Waals surface area contributed by atoms with Crippen LogP contribution >= 0.6 is 11.3 Å². The molecule has 1 atom stereocenters. The Morgan fingerprint density at radius 1 is 0.968 bits per heavy atom. The first-order valence-corrected chi connectivity index (χ1v) is 11.7. The first-order valence-electron chi connectivity index (χ1n) is 10.8. The first kappa shape index (κ1) is 21.3. The second-order valence-corrected chi connectivity index (χ2v) is 9.22. The van der Waals surface area contributed by atoms with Crippen molar-refractivity contribution in [3.8, 4) is 0 Å². The van der Waals surface area contributed by atoms with E-state index in [1.807, 2.05) is 53.9 Å². The average molecular weight is 433 g/mol. The number of carbonyl (C=O) groups excluding carboxylic acids is 2. The summed E-state index contributed by atoms with van der Waals surface area (Å²) in [5.74, 6) is -0.105. The summed E-state index contributed by atoms with van der Waals surface area (Å²) in [6.45, 7) is 3.26. The minimum atomic E-state index is -0.417. The van der Waals surface area contributed by atoms with Gasteiger partial charge in [-0.05, 0) is 48.8 Å². The van der Waals surface area contributed by atoms with E-state index < -0.39 is 6.04 Å². The summed E-state index contributed by atoms with van der Waals surface area (Å²) < 4.78 is 0. The van der Waals surface area contributed by atoms with Crippen molar-refractivity contribution < 1.29 is 9.59 Å². The summed E-state index contributed by atoms with van der Waals surface area (Å²) in [7, 11) is 0. The number of nitrogens with one attached hydrogen (secondary N) is 1. The summed E-state index contributed by atoms with van der Waals surface area (Å²) in [4.78, 5) is 28.7. The highest BCUT2D eigenvalue weighted by Crippen LogP contribution is 2.31. The molecule has 5 heteroatoms. The minimum absolute atomic E-state index is 0.0382. The molecule has 2 aromatic carbocycles. The predicted octanol–water partition coefficient (Wildman–Crippen LogP) is 4.87. The molecular weight excluding hydrogens is 404 g/mol. The smallest absolute Gasteiger partial charge is 0.264 e. The molecule has 1 saturated heterocycles. The van der Waals surface area contributed by atoms with E-state index in [4.69, 9.17) is 0 Å². The lowest BCUT2D eigenvalue weighted by molar-refractivity contribution is -0.126. The van der Waals surface area contributed by atoms with E-state index in [0.29, 0.717) is 24.4 Å². The summed E-state index contributed by atoms with van der Waals surface area (Å²) >= 11 is 1.43. The molecule has 1 fully saturated rings. The molecule has 3 aromatic rings. The van der Waals surface area contributed by atoms with Crippen LogP contribution in [0.5, 0.6) is 0 Å². The maximum absolute atomic E-state index is 13.3. The van der Waals surface area contributed by atoms with Crippen LogP contribution in [0.15, 0.2) is 78.2 Å². The van der Waals surface area contributed by atoms with Crippen molar-refractivity contribution in [2.75, 3.05) is 13.1 Å². The number of amides is 2. The Bertz CT molecular complexity index is 963. The molecule has 1 N–H and O–H groups in total. The molecule has 1 aromatic heterocycles. The molecule has 0 spiro atoms. The summed E-state index contributed by atoms with van der Waals surface area (Å²) in [6.07, 6.45) is 2.60. The molecule has 0 radical (unpaired) electrons. The Kier molecular flexibility index (Phi) is 6.52. The third-order valence-corrected chi connectivity index (χ3v) is 7.09. The average Bonchev–Trinajstić information content (AvgIpc) is 3.38. The fourth-order valence-corrected chi connectivity index (χ4v) is 5.03. The van der Waals surface area contributed by atoms with Crippen LogP contribution in [0.25, 0.3) is 0 Å². The van der Waals surface area contributed by atoms with E-state index in [9.17, 15) is 9.59 Å². The monoisotopic (exact) mass is 432 g/mol. The Morgan fingerprint density at radius 2 is 1.61 bits per heavy atom. The molecule has 4 nitrogen and oxygen atoms in total. The van der Waals surface area contributed by atoms with Gasteiger partial charge in [0, 0.05) is 18.5 Å². The Balaban J connectivity index is 1.54. The zero-order chi connectivity index (χ0) is 21.7.